The van der Waals surface area contributed by atoms with Crippen molar-refractivity contribution in [3.63, 3.8) is 0 Å². The maximum Gasteiger partial charge on any atom is 0.235 e. The monoisotopic (exact) mass is 171 g/mol. The molecular weight excluding hydrogens is 154 g/mol. The van der Waals surface area contributed by atoms with E-state index in [-0.39, 0.29) is 0 Å². The largest absolute Gasteiger partial charge is 0.368 e. The number of hydrogen-bond acceptors (Lipinski definition) is 3. The van der Waals surface area contributed by atoms with Crippen LogP contribution in [0.25, 0.3) is 0 Å². The van der Waals surface area contributed by atoms with Gasteiger partial charge in [-0.3, -0.25) is 4.79 Å². The molecule has 0 heterocycles. The Hall–Kier alpha value is -0.870. The van der Waals surface area contributed by atoms with Gasteiger partial charge in [-0.05, 0) is 19.9 Å². The smallest absolute Gasteiger partial charge is 0.235 e. The van der Waals surface area contributed by atoms with Crippen molar-refractivity contribution in [2.24, 2.45) is 11.5 Å². The summed E-state index contributed by atoms with van der Waals surface area (Å²) in [4.78, 5) is 10.5. The fraction of sp³-hybridized carbons (Fsp3) is 0.625. The van der Waals surface area contributed by atoms with E-state index in [0.717, 1.165) is 13.0 Å². The van der Waals surface area contributed by atoms with E-state index >= 15 is 0 Å². The predicted octanol–water partition coefficient (Wildman–Crippen LogP) is -0.645. The highest BCUT2D eigenvalue weighted by Gasteiger charge is 2.06. The zero-order chi connectivity index (χ0) is 9.40. The van der Waals surface area contributed by atoms with Crippen molar-refractivity contribution in [1.82, 2.24) is 5.32 Å². The topological polar surface area (TPSA) is 81.1 Å². The van der Waals surface area contributed by atoms with Crippen molar-refractivity contribution < 1.29 is 4.79 Å². The molecule has 1 atom stereocenters. The summed E-state index contributed by atoms with van der Waals surface area (Å²) >= 11 is 0. The van der Waals surface area contributed by atoms with Gasteiger partial charge in [0, 0.05) is 6.54 Å². The molecule has 12 heavy (non-hydrogen) atoms. The van der Waals surface area contributed by atoms with E-state index in [9.17, 15) is 4.79 Å². The molecule has 0 saturated carbocycles. The minimum absolute atomic E-state index is 0.451. The Morgan fingerprint density at radius 2 is 2.33 bits per heavy atom. The Balaban J connectivity index is 3.25. The lowest BCUT2D eigenvalue weighted by Gasteiger charge is -2.07. The summed E-state index contributed by atoms with van der Waals surface area (Å²) < 4.78 is 0. The molecule has 1 unspecified atom stereocenters. The normalized spacial score (nSPS) is 13.5. The number of carbonyl (C=O) groups excluding carboxylic acids is 1. The van der Waals surface area contributed by atoms with Gasteiger partial charge in [0.05, 0.1) is 6.04 Å². The summed E-state index contributed by atoms with van der Waals surface area (Å²) in [6, 6.07) is -0.574. The van der Waals surface area contributed by atoms with Crippen molar-refractivity contribution >= 4 is 5.91 Å². The molecule has 0 aliphatic heterocycles. The van der Waals surface area contributed by atoms with Crippen molar-refractivity contribution in [1.29, 1.82) is 0 Å². The average molecular weight is 171 g/mol. The van der Waals surface area contributed by atoms with Crippen molar-refractivity contribution in [2.75, 3.05) is 13.1 Å². The Labute approximate surface area is 73.0 Å². The lowest BCUT2D eigenvalue weighted by Crippen LogP contribution is -2.44. The van der Waals surface area contributed by atoms with Gasteiger partial charge in [-0.15, -0.1) is 0 Å². The molecule has 0 bridgehead atoms. The standard InChI is InChI=1S/C8H17N3O/c1-2-3-4-5-11-6-7(9)8(10)12/h2-3,7,11H,4-6,9H2,1H3,(H2,10,12)/b3-2+. The maximum absolute atomic E-state index is 10.5. The molecule has 0 saturated heterocycles. The summed E-state index contributed by atoms with van der Waals surface area (Å²) in [7, 11) is 0. The zero-order valence-electron chi connectivity index (χ0n) is 7.42. The van der Waals surface area contributed by atoms with Crippen LogP contribution in [0.2, 0.25) is 0 Å². The van der Waals surface area contributed by atoms with Crippen LogP contribution in [-0.4, -0.2) is 25.0 Å². The molecule has 70 valence electrons. The summed E-state index contributed by atoms with van der Waals surface area (Å²) in [5.74, 6) is -0.464. The third-order valence-electron chi connectivity index (χ3n) is 1.45. The second-order valence-corrected chi connectivity index (χ2v) is 2.57. The first-order chi connectivity index (χ1) is 5.68. The number of hydrogen-bond donors (Lipinski definition) is 3. The number of rotatable bonds is 6. The van der Waals surface area contributed by atoms with Gasteiger partial charge in [0.1, 0.15) is 0 Å². The highest BCUT2D eigenvalue weighted by molar-refractivity contribution is 5.79. The molecule has 0 fully saturated rings. The first-order valence-electron chi connectivity index (χ1n) is 4.05. The number of nitrogens with one attached hydrogen (secondary N) is 1. The van der Waals surface area contributed by atoms with Crippen molar-refractivity contribution in [3.05, 3.63) is 12.2 Å². The molecule has 0 aromatic carbocycles. The first-order valence-corrected chi connectivity index (χ1v) is 4.05. The Morgan fingerprint density at radius 3 is 2.83 bits per heavy atom. The Morgan fingerprint density at radius 1 is 1.67 bits per heavy atom. The lowest BCUT2D eigenvalue weighted by atomic mass is 10.3. The number of nitrogens with two attached hydrogens (primary N) is 2. The number of primary amides is 1. The summed E-state index contributed by atoms with van der Waals surface area (Å²) in [5, 5.41) is 3.02. The first kappa shape index (κ1) is 11.1. The van der Waals surface area contributed by atoms with Gasteiger partial charge in [0.15, 0.2) is 0 Å². The molecule has 5 N–H and O–H groups in total. The molecule has 0 aliphatic rings. The van der Waals surface area contributed by atoms with Crippen LogP contribution in [0, 0.1) is 0 Å². The van der Waals surface area contributed by atoms with Crippen LogP contribution in [0.3, 0.4) is 0 Å². The van der Waals surface area contributed by atoms with E-state index in [4.69, 9.17) is 11.5 Å². The zero-order valence-corrected chi connectivity index (χ0v) is 7.42. The minimum Gasteiger partial charge on any atom is -0.368 e. The van der Waals surface area contributed by atoms with Gasteiger partial charge in [-0.2, -0.15) is 0 Å². The summed E-state index contributed by atoms with van der Waals surface area (Å²) in [5.41, 5.74) is 10.3. The van der Waals surface area contributed by atoms with Crippen LogP contribution in [0.5, 0.6) is 0 Å². The van der Waals surface area contributed by atoms with Gasteiger partial charge in [-0.1, -0.05) is 12.2 Å². The number of amides is 1. The molecular formula is C8H17N3O. The van der Waals surface area contributed by atoms with Crippen LogP contribution in [0.15, 0.2) is 12.2 Å². The quantitative estimate of drug-likeness (QED) is 0.367. The van der Waals surface area contributed by atoms with E-state index in [1.807, 2.05) is 19.1 Å². The molecule has 4 heteroatoms. The highest BCUT2D eigenvalue weighted by Crippen LogP contribution is 1.80. The van der Waals surface area contributed by atoms with E-state index in [0.29, 0.717) is 6.54 Å². The highest BCUT2D eigenvalue weighted by atomic mass is 16.1. The van der Waals surface area contributed by atoms with E-state index < -0.39 is 11.9 Å². The molecule has 1 amide bonds. The fourth-order valence-corrected chi connectivity index (χ4v) is 0.710. The van der Waals surface area contributed by atoms with Gasteiger partial charge in [-0.25, -0.2) is 0 Å². The number of carbonyl (C=O) groups is 1. The molecule has 4 nitrogen and oxygen atoms in total. The second-order valence-electron chi connectivity index (χ2n) is 2.57. The van der Waals surface area contributed by atoms with E-state index in [2.05, 4.69) is 5.32 Å². The van der Waals surface area contributed by atoms with Gasteiger partial charge < -0.3 is 16.8 Å². The molecule has 0 rings (SSSR count). The Bertz CT molecular complexity index is 156. The van der Waals surface area contributed by atoms with Crippen LogP contribution >= 0.6 is 0 Å². The van der Waals surface area contributed by atoms with Gasteiger partial charge in [0.25, 0.3) is 0 Å². The third kappa shape index (κ3) is 5.88. The van der Waals surface area contributed by atoms with Gasteiger partial charge in [0.2, 0.25) is 5.91 Å². The fourth-order valence-electron chi connectivity index (χ4n) is 0.710. The predicted molar refractivity (Wildman–Crippen MR) is 49.5 cm³/mol. The van der Waals surface area contributed by atoms with Crippen molar-refractivity contribution in [3.8, 4) is 0 Å². The average Bonchev–Trinajstić information content (AvgIpc) is 2.03. The second kappa shape index (κ2) is 6.82. The van der Waals surface area contributed by atoms with E-state index in [1.54, 1.807) is 0 Å². The van der Waals surface area contributed by atoms with Gasteiger partial charge >= 0.3 is 0 Å². The molecule has 0 aromatic rings. The molecule has 0 aliphatic carbocycles. The third-order valence-corrected chi connectivity index (χ3v) is 1.45. The molecule has 0 radical (unpaired) electrons. The lowest BCUT2D eigenvalue weighted by molar-refractivity contribution is -0.119. The van der Waals surface area contributed by atoms with Crippen LogP contribution in [0.4, 0.5) is 0 Å². The molecule has 0 aromatic heterocycles. The van der Waals surface area contributed by atoms with Crippen LogP contribution in [-0.2, 0) is 4.79 Å². The van der Waals surface area contributed by atoms with Crippen LogP contribution < -0.4 is 16.8 Å². The van der Waals surface area contributed by atoms with Crippen LogP contribution in [0.1, 0.15) is 13.3 Å². The maximum atomic E-state index is 10.5. The SMILES string of the molecule is C/C=C/CCNCC(N)C(N)=O. The number of allylic oxidation sites excluding steroid dienone is 1. The summed E-state index contributed by atoms with van der Waals surface area (Å²) in [6.07, 6.45) is 4.97. The minimum atomic E-state index is -0.574. The molecule has 0 spiro atoms. The van der Waals surface area contributed by atoms with E-state index in [1.165, 1.54) is 0 Å². The summed E-state index contributed by atoms with van der Waals surface area (Å²) in [6.45, 7) is 3.24. The Kier molecular flexibility index (Phi) is 6.32. The van der Waals surface area contributed by atoms with Crippen molar-refractivity contribution in [2.45, 2.75) is 19.4 Å².